The summed E-state index contributed by atoms with van der Waals surface area (Å²) >= 11 is 6.44. The lowest BCUT2D eigenvalue weighted by Crippen LogP contribution is -2.44. The third-order valence-corrected chi connectivity index (χ3v) is 5.36. The van der Waals surface area contributed by atoms with E-state index in [9.17, 15) is 14.4 Å². The van der Waals surface area contributed by atoms with Crippen LogP contribution in [-0.2, 0) is 11.3 Å². The number of H-pyrrole nitrogens is 1. The van der Waals surface area contributed by atoms with E-state index in [0.717, 1.165) is 13.1 Å². The van der Waals surface area contributed by atoms with Gasteiger partial charge in [0.2, 0.25) is 5.95 Å². The first-order chi connectivity index (χ1) is 14.5. The molecule has 30 heavy (non-hydrogen) atoms. The minimum absolute atomic E-state index is 0.0943. The van der Waals surface area contributed by atoms with Gasteiger partial charge in [0.15, 0.2) is 11.2 Å². The smallest absolute Gasteiger partial charge is 0.330 e. The van der Waals surface area contributed by atoms with Gasteiger partial charge in [-0.05, 0) is 18.6 Å². The fourth-order valence-electron chi connectivity index (χ4n) is 3.64. The van der Waals surface area contributed by atoms with Crippen LogP contribution in [-0.4, -0.2) is 56.4 Å². The molecule has 0 radical (unpaired) electrons. The van der Waals surface area contributed by atoms with Crippen molar-refractivity contribution in [3.8, 4) is 5.69 Å². The maximum absolute atomic E-state index is 12.8. The summed E-state index contributed by atoms with van der Waals surface area (Å²) in [6, 6.07) is 7.11. The van der Waals surface area contributed by atoms with Crippen molar-refractivity contribution in [2.75, 3.05) is 31.1 Å². The van der Waals surface area contributed by atoms with Crippen molar-refractivity contribution in [2.24, 2.45) is 0 Å². The number of anilines is 1. The molecule has 0 aliphatic carbocycles. The highest BCUT2D eigenvalue weighted by Gasteiger charge is 2.25. The van der Waals surface area contributed by atoms with Crippen LogP contribution in [0.4, 0.5) is 5.95 Å². The number of nitrogens with zero attached hydrogens (tertiary/aromatic N) is 4. The average molecular weight is 433 g/mol. The number of carboxylic acid groups (broad SMARTS) is 1. The Morgan fingerprint density at radius 1 is 1.20 bits per heavy atom. The molecule has 1 aromatic carbocycles. The standard InChI is InChI=1S/C19H21ClN6O4/c20-12-4-1-2-5-13(12)26-15-16(22-18(26)24-10-7-21-8-11-24)25(9-3-6-14(27)28)19(30)23-17(15)29/h1-2,4-5,21H,3,6-11H2,(H,27,28)(H,23,29,30). The van der Waals surface area contributed by atoms with E-state index in [1.54, 1.807) is 22.8 Å². The van der Waals surface area contributed by atoms with Crippen LogP contribution in [0.15, 0.2) is 33.9 Å². The Kier molecular flexibility index (Phi) is 5.60. The summed E-state index contributed by atoms with van der Waals surface area (Å²) in [6.07, 6.45) is 0.140. The molecule has 1 aliphatic heterocycles. The van der Waals surface area contributed by atoms with Crippen LogP contribution >= 0.6 is 11.6 Å². The number of hydrogen-bond donors (Lipinski definition) is 3. The SMILES string of the molecule is O=C(O)CCCn1c(=O)[nH]c(=O)c2c1nc(N1CCNCC1)n2-c1ccccc1Cl. The van der Waals surface area contributed by atoms with Gasteiger partial charge in [-0.1, -0.05) is 23.7 Å². The first kappa shape index (κ1) is 20.2. The molecule has 0 amide bonds. The van der Waals surface area contributed by atoms with E-state index >= 15 is 0 Å². The van der Waals surface area contributed by atoms with Gasteiger partial charge in [0.1, 0.15) is 0 Å². The number of hydrogen-bond acceptors (Lipinski definition) is 6. The highest BCUT2D eigenvalue weighted by Crippen LogP contribution is 2.29. The molecule has 0 spiro atoms. The van der Waals surface area contributed by atoms with E-state index in [0.29, 0.717) is 29.7 Å². The molecule has 158 valence electrons. The summed E-state index contributed by atoms with van der Waals surface area (Å²) in [5, 5.41) is 12.6. The monoisotopic (exact) mass is 432 g/mol. The molecule has 2 aromatic heterocycles. The van der Waals surface area contributed by atoms with Crippen molar-refractivity contribution in [3.05, 3.63) is 50.1 Å². The van der Waals surface area contributed by atoms with E-state index in [1.807, 2.05) is 11.0 Å². The normalized spacial score (nSPS) is 14.4. The van der Waals surface area contributed by atoms with Gasteiger partial charge in [0.05, 0.1) is 10.7 Å². The summed E-state index contributed by atoms with van der Waals surface area (Å²) in [4.78, 5) is 45.3. The zero-order valence-corrected chi connectivity index (χ0v) is 16.9. The number of para-hydroxylation sites is 1. The number of halogens is 1. The number of aromatic nitrogens is 4. The number of benzene rings is 1. The van der Waals surface area contributed by atoms with Gasteiger partial charge in [0, 0.05) is 39.1 Å². The molecule has 11 heteroatoms. The zero-order valence-electron chi connectivity index (χ0n) is 16.1. The van der Waals surface area contributed by atoms with Gasteiger partial charge in [-0.2, -0.15) is 4.98 Å². The third kappa shape index (κ3) is 3.71. The van der Waals surface area contributed by atoms with Crippen molar-refractivity contribution in [3.63, 3.8) is 0 Å². The van der Waals surface area contributed by atoms with Crippen LogP contribution in [0.3, 0.4) is 0 Å². The van der Waals surface area contributed by atoms with Gasteiger partial charge in [-0.25, -0.2) is 4.79 Å². The predicted molar refractivity (Wildman–Crippen MR) is 113 cm³/mol. The van der Waals surface area contributed by atoms with Gasteiger partial charge >= 0.3 is 11.7 Å². The molecule has 0 saturated carbocycles. The molecule has 0 unspecified atom stereocenters. The number of piperazine rings is 1. The lowest BCUT2D eigenvalue weighted by molar-refractivity contribution is -0.137. The van der Waals surface area contributed by atoms with Gasteiger partial charge in [-0.15, -0.1) is 0 Å². The van der Waals surface area contributed by atoms with Crippen LogP contribution in [0.2, 0.25) is 5.02 Å². The maximum Gasteiger partial charge on any atom is 0.330 e. The minimum atomic E-state index is -0.952. The largest absolute Gasteiger partial charge is 0.481 e. The molecule has 1 saturated heterocycles. The molecular weight excluding hydrogens is 412 g/mol. The minimum Gasteiger partial charge on any atom is -0.481 e. The van der Waals surface area contributed by atoms with Crippen LogP contribution in [0.1, 0.15) is 12.8 Å². The van der Waals surface area contributed by atoms with Gasteiger partial charge in [0.25, 0.3) is 5.56 Å². The third-order valence-electron chi connectivity index (χ3n) is 5.04. The molecule has 3 aromatic rings. The molecule has 4 rings (SSSR count). The Hall–Kier alpha value is -3.11. The Labute approximate surface area is 175 Å². The van der Waals surface area contributed by atoms with E-state index in [-0.39, 0.29) is 30.6 Å². The van der Waals surface area contributed by atoms with Crippen molar-refractivity contribution in [1.82, 2.24) is 24.4 Å². The average Bonchev–Trinajstić information content (AvgIpc) is 3.12. The maximum atomic E-state index is 12.8. The van der Waals surface area contributed by atoms with Crippen LogP contribution in [0.5, 0.6) is 0 Å². The highest BCUT2D eigenvalue weighted by molar-refractivity contribution is 6.32. The summed E-state index contributed by atoms with van der Waals surface area (Å²) in [7, 11) is 0. The van der Waals surface area contributed by atoms with Crippen LogP contribution in [0, 0.1) is 0 Å². The van der Waals surface area contributed by atoms with Crippen LogP contribution < -0.4 is 21.5 Å². The number of imidazole rings is 1. The van der Waals surface area contributed by atoms with Crippen LogP contribution in [0.25, 0.3) is 16.9 Å². The molecular formula is C19H21ClN6O4. The number of aryl methyl sites for hydroxylation is 1. The number of carbonyl (C=O) groups is 1. The summed E-state index contributed by atoms with van der Waals surface area (Å²) < 4.78 is 2.99. The van der Waals surface area contributed by atoms with Crippen molar-refractivity contribution in [2.45, 2.75) is 19.4 Å². The summed E-state index contributed by atoms with van der Waals surface area (Å²) in [5.41, 5.74) is -0.197. The van der Waals surface area contributed by atoms with Crippen molar-refractivity contribution >= 4 is 34.7 Å². The van der Waals surface area contributed by atoms with Gasteiger partial charge in [-0.3, -0.25) is 23.7 Å². The number of nitrogens with one attached hydrogen (secondary N) is 2. The molecule has 3 heterocycles. The Balaban J connectivity index is 1.97. The number of aliphatic carboxylic acids is 1. The summed E-state index contributed by atoms with van der Waals surface area (Å²) in [5.74, 6) is -0.436. The number of carboxylic acids is 1. The number of aromatic amines is 1. The van der Waals surface area contributed by atoms with E-state index in [4.69, 9.17) is 16.7 Å². The Morgan fingerprint density at radius 3 is 2.63 bits per heavy atom. The molecule has 0 atom stereocenters. The number of rotatable bonds is 6. The molecule has 1 fully saturated rings. The Morgan fingerprint density at radius 2 is 1.93 bits per heavy atom. The summed E-state index contributed by atoms with van der Waals surface area (Å²) in [6.45, 7) is 2.99. The first-order valence-corrected chi connectivity index (χ1v) is 10.0. The molecule has 1 aliphatic rings. The zero-order chi connectivity index (χ0) is 21.3. The Bertz CT molecular complexity index is 1210. The molecule has 10 nitrogen and oxygen atoms in total. The number of fused-ring (bicyclic) bond motifs is 1. The van der Waals surface area contributed by atoms with Gasteiger partial charge < -0.3 is 15.3 Å². The first-order valence-electron chi connectivity index (χ1n) is 9.65. The van der Waals surface area contributed by atoms with E-state index < -0.39 is 17.2 Å². The van der Waals surface area contributed by atoms with E-state index in [2.05, 4.69) is 15.3 Å². The highest BCUT2D eigenvalue weighted by atomic mass is 35.5. The molecule has 3 N–H and O–H groups in total. The lowest BCUT2D eigenvalue weighted by atomic mass is 10.3. The second-order valence-corrected chi connectivity index (χ2v) is 7.42. The fourth-order valence-corrected chi connectivity index (χ4v) is 3.86. The topological polar surface area (TPSA) is 125 Å². The fraction of sp³-hybridized carbons (Fsp3) is 0.368. The van der Waals surface area contributed by atoms with Crippen molar-refractivity contribution in [1.29, 1.82) is 0 Å². The van der Waals surface area contributed by atoms with E-state index in [1.165, 1.54) is 4.57 Å². The lowest BCUT2D eigenvalue weighted by Gasteiger charge is -2.28. The second kappa shape index (κ2) is 8.33. The quantitative estimate of drug-likeness (QED) is 0.526. The second-order valence-electron chi connectivity index (χ2n) is 7.02. The van der Waals surface area contributed by atoms with Crippen molar-refractivity contribution < 1.29 is 9.90 Å². The molecule has 0 bridgehead atoms. The predicted octanol–water partition coefficient (Wildman–Crippen LogP) is 0.803.